The lowest BCUT2D eigenvalue weighted by molar-refractivity contribution is 0.281. The van der Waals surface area contributed by atoms with E-state index in [2.05, 4.69) is 31.0 Å². The molecule has 2 rings (SSSR count). The molecule has 0 aliphatic carbocycles. The monoisotopic (exact) mass is 343 g/mol. The fraction of sp³-hybridized carbons (Fsp3) is 0.867. The first-order valence-corrected chi connectivity index (χ1v) is 9.88. The van der Waals surface area contributed by atoms with Crippen LogP contribution in [0.5, 0.6) is 0 Å². The SMILES string of the molecule is CCCCN(C)S(=O)(=O)N1CCC[C@@H](c2nncn2C(C)C)C1. The molecule has 1 fully saturated rings. The Hall–Kier alpha value is -0.990. The molecule has 0 spiro atoms. The summed E-state index contributed by atoms with van der Waals surface area (Å²) in [7, 11) is -1.71. The van der Waals surface area contributed by atoms with E-state index < -0.39 is 10.2 Å². The van der Waals surface area contributed by atoms with E-state index in [9.17, 15) is 8.42 Å². The van der Waals surface area contributed by atoms with Gasteiger partial charge in [-0.15, -0.1) is 10.2 Å². The van der Waals surface area contributed by atoms with Gasteiger partial charge >= 0.3 is 0 Å². The molecule has 1 aliphatic rings. The summed E-state index contributed by atoms with van der Waals surface area (Å²) in [6.07, 6.45) is 5.42. The number of aromatic nitrogens is 3. The van der Waals surface area contributed by atoms with Crippen LogP contribution in [0.2, 0.25) is 0 Å². The number of unbranched alkanes of at least 4 members (excludes halogenated alkanes) is 1. The van der Waals surface area contributed by atoms with Crippen molar-refractivity contribution >= 4 is 10.2 Å². The Morgan fingerprint density at radius 3 is 2.83 bits per heavy atom. The smallest absolute Gasteiger partial charge is 0.281 e. The molecule has 23 heavy (non-hydrogen) atoms. The minimum atomic E-state index is -3.38. The van der Waals surface area contributed by atoms with Crippen LogP contribution in [0.1, 0.15) is 64.2 Å². The number of piperidine rings is 1. The Bertz CT molecular complexity index is 599. The fourth-order valence-corrected chi connectivity index (χ4v) is 4.48. The van der Waals surface area contributed by atoms with E-state index in [0.29, 0.717) is 19.6 Å². The van der Waals surface area contributed by atoms with Crippen molar-refractivity contribution in [3.63, 3.8) is 0 Å². The maximum Gasteiger partial charge on any atom is 0.281 e. The predicted molar refractivity (Wildman–Crippen MR) is 90.4 cm³/mol. The van der Waals surface area contributed by atoms with E-state index in [1.165, 1.54) is 4.31 Å². The number of hydrogen-bond donors (Lipinski definition) is 0. The minimum absolute atomic E-state index is 0.114. The summed E-state index contributed by atoms with van der Waals surface area (Å²) >= 11 is 0. The van der Waals surface area contributed by atoms with Crippen molar-refractivity contribution in [1.29, 1.82) is 0 Å². The lowest BCUT2D eigenvalue weighted by atomic mass is 9.98. The Morgan fingerprint density at radius 1 is 1.43 bits per heavy atom. The second kappa shape index (κ2) is 7.72. The first-order chi connectivity index (χ1) is 10.9. The maximum atomic E-state index is 12.7. The lowest BCUT2D eigenvalue weighted by Crippen LogP contribution is -2.46. The highest BCUT2D eigenvalue weighted by Gasteiger charge is 2.34. The summed E-state index contributed by atoms with van der Waals surface area (Å²) in [5, 5.41) is 8.27. The maximum absolute atomic E-state index is 12.7. The van der Waals surface area contributed by atoms with Crippen LogP contribution in [0, 0.1) is 0 Å². The van der Waals surface area contributed by atoms with Crippen molar-refractivity contribution < 1.29 is 8.42 Å². The number of rotatable bonds is 7. The topological polar surface area (TPSA) is 71.3 Å². The first kappa shape index (κ1) is 18.4. The molecule has 132 valence electrons. The Balaban J connectivity index is 2.13. The molecule has 1 aromatic rings. The van der Waals surface area contributed by atoms with Gasteiger partial charge in [0.2, 0.25) is 0 Å². The molecule has 0 amide bonds. The van der Waals surface area contributed by atoms with Crippen molar-refractivity contribution in [2.75, 3.05) is 26.7 Å². The Labute approximate surface area is 139 Å². The summed E-state index contributed by atoms with van der Waals surface area (Å²) in [4.78, 5) is 0. The van der Waals surface area contributed by atoms with Crippen LogP contribution in [0.4, 0.5) is 0 Å². The highest BCUT2D eigenvalue weighted by atomic mass is 32.2. The first-order valence-electron chi connectivity index (χ1n) is 8.48. The standard InChI is InChI=1S/C15H29N5O2S/c1-5-6-9-18(4)23(21,22)19-10-7-8-14(11-19)15-17-16-12-20(15)13(2)3/h12-14H,5-11H2,1-4H3/t14-/m1/s1. The van der Waals surface area contributed by atoms with Gasteiger partial charge in [-0.25, -0.2) is 0 Å². The van der Waals surface area contributed by atoms with Crippen LogP contribution in [0.25, 0.3) is 0 Å². The second-order valence-corrected chi connectivity index (χ2v) is 8.61. The van der Waals surface area contributed by atoms with Gasteiger partial charge in [0.05, 0.1) is 0 Å². The molecule has 0 aromatic carbocycles. The summed E-state index contributed by atoms with van der Waals surface area (Å²) in [5.74, 6) is 1.01. The van der Waals surface area contributed by atoms with Crippen LogP contribution in [-0.4, -0.2) is 58.5 Å². The summed E-state index contributed by atoms with van der Waals surface area (Å²) in [5.41, 5.74) is 0. The van der Waals surface area contributed by atoms with Gasteiger partial charge in [-0.05, 0) is 33.1 Å². The molecule has 0 N–H and O–H groups in total. The average molecular weight is 343 g/mol. The lowest BCUT2D eigenvalue weighted by Gasteiger charge is -2.34. The van der Waals surface area contributed by atoms with Crippen molar-refractivity contribution in [3.05, 3.63) is 12.2 Å². The van der Waals surface area contributed by atoms with E-state index in [1.54, 1.807) is 17.7 Å². The summed E-state index contributed by atoms with van der Waals surface area (Å²) < 4.78 is 30.6. The third-order valence-corrected chi connectivity index (χ3v) is 6.41. The van der Waals surface area contributed by atoms with Crippen LogP contribution in [-0.2, 0) is 10.2 Å². The molecular formula is C15H29N5O2S. The van der Waals surface area contributed by atoms with E-state index in [0.717, 1.165) is 31.5 Å². The molecule has 2 heterocycles. The van der Waals surface area contributed by atoms with Gasteiger partial charge in [0.25, 0.3) is 10.2 Å². The molecule has 1 aromatic heterocycles. The molecule has 8 heteroatoms. The zero-order valence-corrected chi connectivity index (χ0v) is 15.5. The van der Waals surface area contributed by atoms with E-state index in [4.69, 9.17) is 0 Å². The van der Waals surface area contributed by atoms with Gasteiger partial charge in [0.1, 0.15) is 12.2 Å². The zero-order valence-electron chi connectivity index (χ0n) is 14.6. The normalized spacial score (nSPS) is 20.5. The second-order valence-electron chi connectivity index (χ2n) is 6.57. The molecule has 1 saturated heterocycles. The molecule has 0 saturated carbocycles. The predicted octanol–water partition coefficient (Wildman–Crippen LogP) is 2.02. The highest BCUT2D eigenvalue weighted by molar-refractivity contribution is 7.86. The average Bonchev–Trinajstić information content (AvgIpc) is 3.02. The molecule has 1 atom stereocenters. The molecule has 1 aliphatic heterocycles. The minimum Gasteiger partial charge on any atom is -0.315 e. The molecule has 0 bridgehead atoms. The van der Waals surface area contributed by atoms with Gasteiger partial charge < -0.3 is 4.57 Å². The zero-order chi connectivity index (χ0) is 17.0. The Morgan fingerprint density at radius 2 is 2.17 bits per heavy atom. The third kappa shape index (κ3) is 4.10. The van der Waals surface area contributed by atoms with Gasteiger partial charge in [-0.2, -0.15) is 17.0 Å². The van der Waals surface area contributed by atoms with Crippen molar-refractivity contribution in [1.82, 2.24) is 23.4 Å². The van der Waals surface area contributed by atoms with Crippen LogP contribution < -0.4 is 0 Å². The van der Waals surface area contributed by atoms with Crippen LogP contribution in [0.3, 0.4) is 0 Å². The van der Waals surface area contributed by atoms with E-state index >= 15 is 0 Å². The summed E-state index contributed by atoms with van der Waals surface area (Å²) in [6.45, 7) is 7.89. The van der Waals surface area contributed by atoms with Gasteiger partial charge in [0, 0.05) is 38.6 Å². The molecule has 0 radical (unpaired) electrons. The van der Waals surface area contributed by atoms with E-state index in [-0.39, 0.29) is 12.0 Å². The van der Waals surface area contributed by atoms with Crippen molar-refractivity contribution in [3.8, 4) is 0 Å². The number of nitrogens with zero attached hydrogens (tertiary/aromatic N) is 5. The number of hydrogen-bond acceptors (Lipinski definition) is 4. The van der Waals surface area contributed by atoms with Gasteiger partial charge in [-0.1, -0.05) is 13.3 Å². The van der Waals surface area contributed by atoms with Gasteiger partial charge in [-0.3, -0.25) is 0 Å². The fourth-order valence-electron chi connectivity index (χ4n) is 3.00. The van der Waals surface area contributed by atoms with Crippen molar-refractivity contribution in [2.45, 2.75) is 58.4 Å². The van der Waals surface area contributed by atoms with Crippen molar-refractivity contribution in [2.24, 2.45) is 0 Å². The molecule has 0 unspecified atom stereocenters. The molecular weight excluding hydrogens is 314 g/mol. The summed E-state index contributed by atoms with van der Waals surface area (Å²) in [6, 6.07) is 0.277. The van der Waals surface area contributed by atoms with Crippen LogP contribution in [0.15, 0.2) is 6.33 Å². The highest BCUT2D eigenvalue weighted by Crippen LogP contribution is 2.29. The quantitative estimate of drug-likeness (QED) is 0.759. The Kier molecular flexibility index (Phi) is 6.16. The third-order valence-electron chi connectivity index (χ3n) is 4.45. The molecule has 7 nitrogen and oxygen atoms in total. The van der Waals surface area contributed by atoms with E-state index in [1.807, 2.05) is 4.57 Å². The van der Waals surface area contributed by atoms with Gasteiger partial charge in [0.15, 0.2) is 0 Å². The largest absolute Gasteiger partial charge is 0.315 e. The van der Waals surface area contributed by atoms with Crippen LogP contribution >= 0.6 is 0 Å².